The summed E-state index contributed by atoms with van der Waals surface area (Å²) in [6, 6.07) is 17.0. The van der Waals surface area contributed by atoms with E-state index in [9.17, 15) is 9.59 Å². The quantitative estimate of drug-likeness (QED) is 0.605. The van der Waals surface area contributed by atoms with E-state index in [2.05, 4.69) is 43.0 Å². The zero-order chi connectivity index (χ0) is 24.3. The minimum Gasteiger partial charge on any atom is -0.339 e. The molecule has 0 saturated carbocycles. The molecule has 0 radical (unpaired) electrons. The maximum Gasteiger partial charge on any atom is 0.272 e. The number of fused-ring (bicyclic) bond motifs is 1. The van der Waals surface area contributed by atoms with Gasteiger partial charge in [0.1, 0.15) is 11.7 Å². The molecule has 0 unspecified atom stereocenters. The summed E-state index contributed by atoms with van der Waals surface area (Å²) in [5.74, 6) is 5.96. The highest BCUT2D eigenvalue weighted by atomic mass is 16.2. The van der Waals surface area contributed by atoms with E-state index in [0.717, 1.165) is 22.4 Å². The summed E-state index contributed by atoms with van der Waals surface area (Å²) in [7, 11) is 1.75. The highest BCUT2D eigenvalue weighted by Gasteiger charge is 2.30. The highest BCUT2D eigenvalue weighted by Crippen LogP contribution is 2.27. The van der Waals surface area contributed by atoms with Crippen LogP contribution in [0.2, 0.25) is 0 Å². The van der Waals surface area contributed by atoms with E-state index in [-0.39, 0.29) is 17.2 Å². The second kappa shape index (κ2) is 9.56. The summed E-state index contributed by atoms with van der Waals surface area (Å²) < 4.78 is 1.72. The van der Waals surface area contributed by atoms with Gasteiger partial charge in [-0.2, -0.15) is 5.10 Å². The smallest absolute Gasteiger partial charge is 0.272 e. The van der Waals surface area contributed by atoms with Crippen LogP contribution in [0.5, 0.6) is 0 Å². The number of nitrogens with one attached hydrogen (secondary N) is 1. The second-order valence-electron chi connectivity index (χ2n) is 9.69. The SMILES string of the molecule is CN1C(=O)[C@H](NC(=O)c2ccn(Cc3ccccc3)n2)CCc2ccc(C#CC(C)(C)C)cc21. The lowest BCUT2D eigenvalue weighted by Gasteiger charge is -2.22. The topological polar surface area (TPSA) is 67.2 Å². The third-order valence-electron chi connectivity index (χ3n) is 5.73. The Bertz CT molecular complexity index is 1260. The van der Waals surface area contributed by atoms with Gasteiger partial charge in [-0.05, 0) is 62.9 Å². The molecule has 0 aliphatic carbocycles. The Morgan fingerprint density at radius 2 is 1.91 bits per heavy atom. The maximum absolute atomic E-state index is 13.2. The molecule has 4 rings (SSSR count). The van der Waals surface area contributed by atoms with Crippen LogP contribution in [0.3, 0.4) is 0 Å². The van der Waals surface area contributed by atoms with Crippen molar-refractivity contribution < 1.29 is 9.59 Å². The fourth-order valence-electron chi connectivity index (χ4n) is 3.91. The predicted molar refractivity (Wildman–Crippen MR) is 134 cm³/mol. The molecule has 1 aromatic heterocycles. The van der Waals surface area contributed by atoms with Gasteiger partial charge in [-0.25, -0.2) is 0 Å². The Balaban J connectivity index is 1.46. The summed E-state index contributed by atoms with van der Waals surface area (Å²) in [4.78, 5) is 27.7. The number of nitrogens with zero attached hydrogens (tertiary/aromatic N) is 3. The number of benzene rings is 2. The minimum atomic E-state index is -0.617. The lowest BCUT2D eigenvalue weighted by atomic mass is 9.97. The van der Waals surface area contributed by atoms with Crippen molar-refractivity contribution in [3.8, 4) is 11.8 Å². The normalized spacial score (nSPS) is 15.7. The van der Waals surface area contributed by atoms with Gasteiger partial charge in [0, 0.05) is 29.9 Å². The molecule has 0 spiro atoms. The molecule has 2 amide bonds. The van der Waals surface area contributed by atoms with E-state index < -0.39 is 6.04 Å². The first kappa shape index (κ1) is 23.3. The number of anilines is 1. The standard InChI is InChI=1S/C28H30N4O2/c1-28(2,3)16-14-20-10-11-22-12-13-24(27(34)31(4)25(22)18-20)29-26(33)23-15-17-32(30-23)19-21-8-6-5-7-9-21/h5-11,15,17-18,24H,12-13,19H2,1-4H3,(H,29,33)/t24-/m1/s1. The zero-order valence-corrected chi connectivity index (χ0v) is 20.1. The number of aromatic nitrogens is 2. The third kappa shape index (κ3) is 5.55. The molecule has 0 saturated heterocycles. The molecule has 0 bridgehead atoms. The summed E-state index contributed by atoms with van der Waals surface area (Å²) in [5.41, 5.74) is 4.09. The van der Waals surface area contributed by atoms with Crippen molar-refractivity contribution in [3.63, 3.8) is 0 Å². The van der Waals surface area contributed by atoms with E-state index in [1.54, 1.807) is 28.9 Å². The molecule has 2 heterocycles. The van der Waals surface area contributed by atoms with Gasteiger partial charge in [0.15, 0.2) is 0 Å². The lowest BCUT2D eigenvalue weighted by molar-refractivity contribution is -0.120. The van der Waals surface area contributed by atoms with Crippen LogP contribution in [0.25, 0.3) is 0 Å². The first-order valence-electron chi connectivity index (χ1n) is 11.5. The molecular weight excluding hydrogens is 424 g/mol. The molecule has 1 aliphatic rings. The van der Waals surface area contributed by atoms with Gasteiger partial charge >= 0.3 is 0 Å². The Hall–Kier alpha value is -3.85. The molecule has 34 heavy (non-hydrogen) atoms. The Labute approximate surface area is 201 Å². The van der Waals surface area contributed by atoms with Crippen molar-refractivity contribution in [1.29, 1.82) is 0 Å². The van der Waals surface area contributed by atoms with Crippen LogP contribution < -0.4 is 10.2 Å². The number of aryl methyl sites for hydroxylation is 1. The molecule has 6 nitrogen and oxygen atoms in total. The zero-order valence-electron chi connectivity index (χ0n) is 20.1. The van der Waals surface area contributed by atoms with Crippen LogP contribution in [0.1, 0.15) is 54.4 Å². The summed E-state index contributed by atoms with van der Waals surface area (Å²) in [5, 5.41) is 7.29. The molecule has 1 atom stereocenters. The number of carbonyl (C=O) groups excluding carboxylic acids is 2. The number of rotatable bonds is 4. The fraction of sp³-hybridized carbons (Fsp3) is 0.321. The average molecular weight is 455 g/mol. The summed E-state index contributed by atoms with van der Waals surface area (Å²) >= 11 is 0. The number of carbonyl (C=O) groups is 2. The van der Waals surface area contributed by atoms with Gasteiger partial charge in [-0.1, -0.05) is 48.2 Å². The molecule has 1 aliphatic heterocycles. The molecule has 2 aromatic carbocycles. The van der Waals surface area contributed by atoms with Gasteiger partial charge in [-0.3, -0.25) is 14.3 Å². The monoisotopic (exact) mass is 454 g/mol. The van der Waals surface area contributed by atoms with E-state index >= 15 is 0 Å². The molecule has 174 valence electrons. The number of likely N-dealkylation sites (N-methyl/N-ethyl adjacent to an activating group) is 1. The maximum atomic E-state index is 13.2. The lowest BCUT2D eigenvalue weighted by Crippen LogP contribution is -2.46. The molecular formula is C28H30N4O2. The van der Waals surface area contributed by atoms with Gasteiger partial charge < -0.3 is 10.2 Å². The number of amides is 2. The van der Waals surface area contributed by atoms with E-state index in [0.29, 0.717) is 25.1 Å². The van der Waals surface area contributed by atoms with Crippen LogP contribution in [0.15, 0.2) is 60.8 Å². The largest absolute Gasteiger partial charge is 0.339 e. The van der Waals surface area contributed by atoms with Crippen LogP contribution in [-0.2, 0) is 17.8 Å². The Morgan fingerprint density at radius 1 is 1.15 bits per heavy atom. The fourth-order valence-corrected chi connectivity index (χ4v) is 3.91. The first-order valence-corrected chi connectivity index (χ1v) is 11.5. The second-order valence-corrected chi connectivity index (χ2v) is 9.69. The Morgan fingerprint density at radius 3 is 2.65 bits per heavy atom. The van der Waals surface area contributed by atoms with Crippen molar-refractivity contribution in [3.05, 3.63) is 83.2 Å². The van der Waals surface area contributed by atoms with Crippen LogP contribution >= 0.6 is 0 Å². The summed E-state index contributed by atoms with van der Waals surface area (Å²) in [6.07, 6.45) is 2.99. The molecule has 3 aromatic rings. The van der Waals surface area contributed by atoms with Crippen molar-refractivity contribution in [2.75, 3.05) is 11.9 Å². The van der Waals surface area contributed by atoms with Crippen LogP contribution in [-0.4, -0.2) is 34.7 Å². The summed E-state index contributed by atoms with van der Waals surface area (Å²) in [6.45, 7) is 6.78. The average Bonchev–Trinajstić information content (AvgIpc) is 3.24. The van der Waals surface area contributed by atoms with Gasteiger partial charge in [-0.15, -0.1) is 0 Å². The van der Waals surface area contributed by atoms with Crippen molar-refractivity contribution in [2.24, 2.45) is 5.41 Å². The highest BCUT2D eigenvalue weighted by molar-refractivity contribution is 6.02. The number of hydrogen-bond donors (Lipinski definition) is 1. The van der Waals surface area contributed by atoms with Gasteiger partial charge in [0.25, 0.3) is 5.91 Å². The Kier molecular flexibility index (Phi) is 6.56. The predicted octanol–water partition coefficient (Wildman–Crippen LogP) is 4.04. The van der Waals surface area contributed by atoms with E-state index in [1.165, 1.54) is 0 Å². The van der Waals surface area contributed by atoms with E-state index in [1.807, 2.05) is 48.5 Å². The minimum absolute atomic E-state index is 0.0992. The molecule has 6 heteroatoms. The number of hydrogen-bond acceptors (Lipinski definition) is 3. The van der Waals surface area contributed by atoms with Gasteiger partial charge in [0.2, 0.25) is 5.91 Å². The van der Waals surface area contributed by atoms with Crippen molar-refractivity contribution >= 4 is 17.5 Å². The third-order valence-corrected chi connectivity index (χ3v) is 5.73. The van der Waals surface area contributed by atoms with Crippen molar-refractivity contribution in [2.45, 2.75) is 46.2 Å². The van der Waals surface area contributed by atoms with Crippen LogP contribution in [0, 0.1) is 17.3 Å². The van der Waals surface area contributed by atoms with E-state index in [4.69, 9.17) is 0 Å². The van der Waals surface area contributed by atoms with Gasteiger partial charge in [0.05, 0.1) is 6.54 Å². The van der Waals surface area contributed by atoms with Crippen molar-refractivity contribution in [1.82, 2.24) is 15.1 Å². The molecule has 1 N–H and O–H groups in total. The first-order chi connectivity index (χ1) is 16.2. The van der Waals surface area contributed by atoms with Crippen LogP contribution in [0.4, 0.5) is 5.69 Å². The molecule has 0 fully saturated rings.